The summed E-state index contributed by atoms with van der Waals surface area (Å²) in [4.78, 5) is 16.8. The van der Waals surface area contributed by atoms with Crippen molar-refractivity contribution in [3.63, 3.8) is 0 Å². The minimum atomic E-state index is 0.0198. The summed E-state index contributed by atoms with van der Waals surface area (Å²) in [5.41, 5.74) is 1.56. The molecule has 1 fully saturated rings. The third-order valence-electron chi connectivity index (χ3n) is 3.87. The molecular formula is C16H25N3OS. The van der Waals surface area contributed by atoms with Crippen LogP contribution in [0.25, 0.3) is 0 Å². The van der Waals surface area contributed by atoms with Gasteiger partial charge in [-0.15, -0.1) is 0 Å². The average Bonchev–Trinajstić information content (AvgIpc) is 2.47. The zero-order chi connectivity index (χ0) is 15.2. The van der Waals surface area contributed by atoms with Crippen LogP contribution >= 0.6 is 11.8 Å². The van der Waals surface area contributed by atoms with Crippen LogP contribution in [0.5, 0.6) is 0 Å². The lowest BCUT2D eigenvalue weighted by molar-refractivity contribution is 0.0928. The smallest absolute Gasteiger partial charge is 0.251 e. The van der Waals surface area contributed by atoms with Crippen molar-refractivity contribution < 1.29 is 4.79 Å². The predicted molar refractivity (Wildman–Crippen MR) is 90.2 cm³/mol. The first-order valence-electron chi connectivity index (χ1n) is 7.68. The summed E-state index contributed by atoms with van der Waals surface area (Å²) < 4.78 is 0. The molecule has 2 N–H and O–H groups in total. The molecule has 1 aromatic heterocycles. The minimum absolute atomic E-state index is 0.0198. The summed E-state index contributed by atoms with van der Waals surface area (Å²) in [6.45, 7) is 4.74. The quantitative estimate of drug-likeness (QED) is 0.877. The van der Waals surface area contributed by atoms with E-state index < -0.39 is 0 Å². The number of carbonyl (C=O) groups is 1. The third-order valence-corrected chi connectivity index (χ3v) is 4.96. The molecule has 1 amide bonds. The van der Waals surface area contributed by atoms with Crippen molar-refractivity contribution in [1.82, 2.24) is 10.3 Å². The molecule has 5 heteroatoms. The molecule has 1 heterocycles. The number of anilines is 1. The second kappa shape index (κ2) is 7.69. The van der Waals surface area contributed by atoms with E-state index >= 15 is 0 Å². The Morgan fingerprint density at radius 3 is 2.95 bits per heavy atom. The van der Waals surface area contributed by atoms with Gasteiger partial charge in [-0.05, 0) is 51.5 Å². The molecule has 0 aromatic carbocycles. The van der Waals surface area contributed by atoms with Gasteiger partial charge in [-0.1, -0.05) is 6.42 Å². The Kier molecular flexibility index (Phi) is 5.91. The molecule has 1 saturated carbocycles. The number of hydrogen-bond acceptors (Lipinski definition) is 4. The Balaban J connectivity index is 2.02. The van der Waals surface area contributed by atoms with Crippen molar-refractivity contribution in [3.8, 4) is 0 Å². The van der Waals surface area contributed by atoms with Crippen molar-refractivity contribution in [2.45, 2.75) is 50.8 Å². The Bertz CT molecular complexity index is 492. The van der Waals surface area contributed by atoms with E-state index in [9.17, 15) is 4.79 Å². The topological polar surface area (TPSA) is 54.0 Å². The molecule has 2 unspecified atom stereocenters. The van der Waals surface area contributed by atoms with Gasteiger partial charge in [0.05, 0.1) is 0 Å². The Hall–Kier alpha value is -1.23. The molecule has 0 radical (unpaired) electrons. The van der Waals surface area contributed by atoms with Crippen molar-refractivity contribution >= 4 is 23.5 Å². The number of aromatic nitrogens is 1. The van der Waals surface area contributed by atoms with Crippen molar-refractivity contribution in [1.29, 1.82) is 0 Å². The van der Waals surface area contributed by atoms with Crippen LogP contribution in [0.4, 0.5) is 5.82 Å². The van der Waals surface area contributed by atoms with E-state index in [0.717, 1.165) is 30.9 Å². The van der Waals surface area contributed by atoms with Gasteiger partial charge in [0.2, 0.25) is 0 Å². The van der Waals surface area contributed by atoms with Crippen molar-refractivity contribution in [3.05, 3.63) is 23.4 Å². The van der Waals surface area contributed by atoms with Gasteiger partial charge in [0.1, 0.15) is 5.82 Å². The molecule has 1 aliphatic carbocycles. The lowest BCUT2D eigenvalue weighted by atomic mass is 9.94. The van der Waals surface area contributed by atoms with E-state index in [4.69, 9.17) is 0 Å². The fraction of sp³-hybridized carbons (Fsp3) is 0.625. The number of aryl methyl sites for hydroxylation is 1. The molecule has 0 bridgehead atoms. The number of nitrogens with zero attached hydrogens (tertiary/aromatic N) is 1. The average molecular weight is 307 g/mol. The number of thioether (sulfide) groups is 1. The molecule has 1 aromatic rings. The first kappa shape index (κ1) is 16.1. The molecule has 1 aliphatic rings. The van der Waals surface area contributed by atoms with Crippen molar-refractivity contribution in [2.24, 2.45) is 0 Å². The summed E-state index contributed by atoms with van der Waals surface area (Å²) in [6.07, 6.45) is 6.80. The van der Waals surface area contributed by atoms with E-state index in [2.05, 4.69) is 21.9 Å². The van der Waals surface area contributed by atoms with E-state index in [1.807, 2.05) is 37.7 Å². The van der Waals surface area contributed by atoms with Gasteiger partial charge >= 0.3 is 0 Å². The summed E-state index contributed by atoms with van der Waals surface area (Å²) in [5, 5.41) is 7.04. The zero-order valence-corrected chi connectivity index (χ0v) is 13.9. The van der Waals surface area contributed by atoms with Gasteiger partial charge in [-0.3, -0.25) is 4.79 Å². The highest BCUT2D eigenvalue weighted by atomic mass is 32.2. The molecule has 21 heavy (non-hydrogen) atoms. The molecule has 0 saturated heterocycles. The predicted octanol–water partition coefficient (Wildman–Crippen LogP) is 3.23. The van der Waals surface area contributed by atoms with E-state index in [-0.39, 0.29) is 5.91 Å². The van der Waals surface area contributed by atoms with Gasteiger partial charge in [0, 0.05) is 29.1 Å². The normalized spacial score (nSPS) is 21.9. The SMILES string of the molecule is CCNc1cc(C(=O)NC2CCCC(SC)C2)cc(C)n1. The van der Waals surface area contributed by atoms with Crippen LogP contribution in [0.2, 0.25) is 0 Å². The number of hydrogen-bond donors (Lipinski definition) is 2. The van der Waals surface area contributed by atoms with Gasteiger partial charge in [0.15, 0.2) is 0 Å². The molecule has 0 spiro atoms. The maximum Gasteiger partial charge on any atom is 0.251 e. The maximum absolute atomic E-state index is 12.4. The van der Waals surface area contributed by atoms with E-state index in [1.54, 1.807) is 0 Å². The number of carbonyl (C=O) groups excluding carboxylic acids is 1. The maximum atomic E-state index is 12.4. The van der Waals surface area contributed by atoms with Crippen LogP contribution < -0.4 is 10.6 Å². The second-order valence-electron chi connectivity index (χ2n) is 5.61. The summed E-state index contributed by atoms with van der Waals surface area (Å²) in [5.74, 6) is 0.791. The standard InChI is InChI=1S/C16H25N3OS/c1-4-17-15-9-12(8-11(2)18-15)16(20)19-13-6-5-7-14(10-13)21-3/h8-9,13-14H,4-7,10H2,1-3H3,(H,17,18)(H,19,20). The molecular weight excluding hydrogens is 282 g/mol. The van der Waals surface area contributed by atoms with Crippen LogP contribution in [0.1, 0.15) is 48.7 Å². The Morgan fingerprint density at radius 1 is 1.43 bits per heavy atom. The fourth-order valence-corrected chi connectivity index (χ4v) is 3.66. The number of pyridine rings is 1. The van der Waals surface area contributed by atoms with Crippen LogP contribution in [-0.2, 0) is 0 Å². The van der Waals surface area contributed by atoms with Crippen molar-refractivity contribution in [2.75, 3.05) is 18.1 Å². The van der Waals surface area contributed by atoms with Crippen LogP contribution in [0.3, 0.4) is 0 Å². The van der Waals surface area contributed by atoms with Crippen LogP contribution in [0, 0.1) is 6.92 Å². The first-order chi connectivity index (χ1) is 10.1. The number of rotatable bonds is 5. The molecule has 4 nitrogen and oxygen atoms in total. The highest BCUT2D eigenvalue weighted by Gasteiger charge is 2.23. The Labute approximate surface area is 131 Å². The minimum Gasteiger partial charge on any atom is -0.370 e. The third kappa shape index (κ3) is 4.63. The molecule has 116 valence electrons. The first-order valence-corrected chi connectivity index (χ1v) is 8.97. The van der Waals surface area contributed by atoms with Gasteiger partial charge in [-0.25, -0.2) is 4.98 Å². The van der Waals surface area contributed by atoms with E-state index in [0.29, 0.717) is 16.9 Å². The highest BCUT2D eigenvalue weighted by Crippen LogP contribution is 2.27. The van der Waals surface area contributed by atoms with Gasteiger partial charge in [-0.2, -0.15) is 11.8 Å². The highest BCUT2D eigenvalue weighted by molar-refractivity contribution is 7.99. The summed E-state index contributed by atoms with van der Waals surface area (Å²) in [6, 6.07) is 3.99. The number of nitrogens with one attached hydrogen (secondary N) is 2. The summed E-state index contributed by atoms with van der Waals surface area (Å²) >= 11 is 1.91. The second-order valence-corrected chi connectivity index (χ2v) is 6.75. The molecule has 2 rings (SSSR count). The Morgan fingerprint density at radius 2 is 2.24 bits per heavy atom. The van der Waals surface area contributed by atoms with E-state index in [1.165, 1.54) is 12.8 Å². The lowest BCUT2D eigenvalue weighted by Crippen LogP contribution is -2.39. The molecule has 2 atom stereocenters. The fourth-order valence-electron chi connectivity index (χ4n) is 2.83. The van der Waals surface area contributed by atoms with Crippen LogP contribution in [-0.4, -0.2) is 35.0 Å². The van der Waals surface area contributed by atoms with Gasteiger partial charge in [0.25, 0.3) is 5.91 Å². The zero-order valence-electron chi connectivity index (χ0n) is 13.1. The number of amides is 1. The monoisotopic (exact) mass is 307 g/mol. The van der Waals surface area contributed by atoms with Gasteiger partial charge < -0.3 is 10.6 Å². The lowest BCUT2D eigenvalue weighted by Gasteiger charge is -2.28. The largest absolute Gasteiger partial charge is 0.370 e. The molecule has 0 aliphatic heterocycles. The summed E-state index contributed by atoms with van der Waals surface area (Å²) in [7, 11) is 0. The van der Waals surface area contributed by atoms with Crippen LogP contribution in [0.15, 0.2) is 12.1 Å².